The molecule has 0 unspecified atom stereocenters. The van der Waals surface area contributed by atoms with E-state index in [0.717, 1.165) is 6.42 Å². The van der Waals surface area contributed by atoms with E-state index in [0.29, 0.717) is 0 Å². The molecule has 0 aliphatic carbocycles. The van der Waals surface area contributed by atoms with Gasteiger partial charge in [0.15, 0.2) is 0 Å². The molecule has 1 rings (SSSR count). The van der Waals surface area contributed by atoms with Gasteiger partial charge in [0.05, 0.1) is 0 Å². The van der Waals surface area contributed by atoms with Gasteiger partial charge in [-0.3, -0.25) is 0 Å². The fourth-order valence-electron chi connectivity index (χ4n) is 0.342. The van der Waals surface area contributed by atoms with Crippen molar-refractivity contribution in [1.29, 1.82) is 0 Å². The van der Waals surface area contributed by atoms with E-state index in [-0.39, 0.29) is 16.5 Å². The SMILES string of the molecule is [CH2-]CCC.[Ni+2].[c-]1ccccc1. The molecule has 0 fully saturated rings. The van der Waals surface area contributed by atoms with Gasteiger partial charge in [-0.05, 0) is 0 Å². The monoisotopic (exact) mass is 192 g/mol. The van der Waals surface area contributed by atoms with E-state index in [4.69, 9.17) is 0 Å². The fourth-order valence-corrected chi connectivity index (χ4v) is 0.342. The molecule has 0 bridgehead atoms. The Bertz CT molecular complexity index is 96.8. The maximum absolute atomic E-state index is 3.60. The third kappa shape index (κ3) is 12.8. The number of hydrogen-bond acceptors (Lipinski definition) is 0. The van der Waals surface area contributed by atoms with Crippen LogP contribution in [-0.4, -0.2) is 0 Å². The molecule has 0 nitrogen and oxygen atoms in total. The average molecular weight is 193 g/mol. The van der Waals surface area contributed by atoms with Crippen molar-refractivity contribution in [3.05, 3.63) is 43.3 Å². The molecule has 0 aromatic heterocycles. The van der Waals surface area contributed by atoms with Crippen LogP contribution < -0.4 is 0 Å². The Morgan fingerprint density at radius 1 is 1.18 bits per heavy atom. The molecule has 0 heterocycles. The number of unbranched alkanes of at least 4 members (excludes halogenated alkanes) is 1. The van der Waals surface area contributed by atoms with Gasteiger partial charge in [0, 0.05) is 0 Å². The molecule has 0 saturated carbocycles. The maximum atomic E-state index is 3.60. The molecule has 1 aromatic carbocycles. The summed E-state index contributed by atoms with van der Waals surface area (Å²) in [7, 11) is 0. The van der Waals surface area contributed by atoms with Crippen LogP contribution in [0.4, 0.5) is 0 Å². The van der Waals surface area contributed by atoms with Gasteiger partial charge in [0.2, 0.25) is 0 Å². The molecule has 0 radical (unpaired) electrons. The molecular weight excluding hydrogens is 179 g/mol. The Kier molecular flexibility index (Phi) is 15.0. The summed E-state index contributed by atoms with van der Waals surface area (Å²) in [5.74, 6) is 0. The minimum Gasteiger partial charge on any atom is -0.343 e. The van der Waals surface area contributed by atoms with Gasteiger partial charge in [0.25, 0.3) is 0 Å². The van der Waals surface area contributed by atoms with Crippen LogP contribution in [0.25, 0.3) is 0 Å². The van der Waals surface area contributed by atoms with Crippen molar-refractivity contribution >= 4 is 0 Å². The summed E-state index contributed by atoms with van der Waals surface area (Å²) in [5.41, 5.74) is 0. The maximum Gasteiger partial charge on any atom is 2.00 e. The molecule has 11 heavy (non-hydrogen) atoms. The minimum absolute atomic E-state index is 0. The van der Waals surface area contributed by atoms with Gasteiger partial charge in [-0.1, -0.05) is 13.3 Å². The summed E-state index contributed by atoms with van der Waals surface area (Å²) in [6, 6.07) is 12.5. The van der Waals surface area contributed by atoms with E-state index >= 15 is 0 Å². The molecule has 0 spiro atoms. The van der Waals surface area contributed by atoms with Gasteiger partial charge >= 0.3 is 16.5 Å². The summed E-state index contributed by atoms with van der Waals surface area (Å²) in [6.07, 6.45) is 2.28. The van der Waals surface area contributed by atoms with Crippen molar-refractivity contribution in [3.8, 4) is 0 Å². The molecule has 1 heteroatoms. The second-order valence-electron chi connectivity index (χ2n) is 1.93. The molecule has 0 aliphatic rings. The molecule has 0 atom stereocenters. The molecule has 1 aromatic rings. The summed E-state index contributed by atoms with van der Waals surface area (Å²) in [4.78, 5) is 0. The standard InChI is InChI=1S/C6H5.C4H9.Ni/c1-2-4-6-5-3-1;1-3-4-2;/h1-5H;1,3-4H2,2H3;/q2*-1;+2. The third-order valence-electron chi connectivity index (χ3n) is 0.961. The second-order valence-corrected chi connectivity index (χ2v) is 1.93. The smallest absolute Gasteiger partial charge is 0.343 e. The van der Waals surface area contributed by atoms with E-state index in [2.05, 4.69) is 19.9 Å². The third-order valence-corrected chi connectivity index (χ3v) is 0.961. The summed E-state index contributed by atoms with van der Waals surface area (Å²) in [6.45, 7) is 5.72. The molecule has 0 amide bonds. The van der Waals surface area contributed by atoms with E-state index in [9.17, 15) is 0 Å². The van der Waals surface area contributed by atoms with Gasteiger partial charge in [-0.15, -0.1) is 0 Å². The molecular formula is C10H14Ni. The summed E-state index contributed by atoms with van der Waals surface area (Å²) < 4.78 is 0. The van der Waals surface area contributed by atoms with Crippen LogP contribution >= 0.6 is 0 Å². The Labute approximate surface area is 79.9 Å². The fraction of sp³-hybridized carbons (Fsp3) is 0.300. The molecule has 0 saturated heterocycles. The van der Waals surface area contributed by atoms with Gasteiger partial charge in [-0.2, -0.15) is 42.8 Å². The zero-order valence-corrected chi connectivity index (χ0v) is 7.81. The van der Waals surface area contributed by atoms with Crippen LogP contribution in [0, 0.1) is 13.0 Å². The Morgan fingerprint density at radius 2 is 1.64 bits per heavy atom. The van der Waals surface area contributed by atoms with Crippen molar-refractivity contribution in [2.75, 3.05) is 0 Å². The number of benzene rings is 1. The van der Waals surface area contributed by atoms with Crippen LogP contribution in [0.2, 0.25) is 0 Å². The van der Waals surface area contributed by atoms with Crippen molar-refractivity contribution in [2.24, 2.45) is 0 Å². The normalized spacial score (nSPS) is 7.09. The summed E-state index contributed by atoms with van der Waals surface area (Å²) in [5, 5.41) is 0. The quantitative estimate of drug-likeness (QED) is 0.474. The van der Waals surface area contributed by atoms with Crippen molar-refractivity contribution < 1.29 is 16.5 Å². The molecule has 64 valence electrons. The second kappa shape index (κ2) is 12.4. The van der Waals surface area contributed by atoms with Crippen molar-refractivity contribution in [2.45, 2.75) is 19.8 Å². The van der Waals surface area contributed by atoms with Gasteiger partial charge in [0.1, 0.15) is 0 Å². The van der Waals surface area contributed by atoms with Crippen LogP contribution in [0.15, 0.2) is 30.3 Å². The minimum atomic E-state index is 0. The van der Waals surface area contributed by atoms with E-state index in [1.54, 1.807) is 0 Å². The van der Waals surface area contributed by atoms with E-state index < -0.39 is 0 Å². The first-order valence-corrected chi connectivity index (χ1v) is 3.62. The van der Waals surface area contributed by atoms with E-state index in [1.807, 2.05) is 30.3 Å². The number of hydrogen-bond donors (Lipinski definition) is 0. The van der Waals surface area contributed by atoms with Crippen LogP contribution in [0.5, 0.6) is 0 Å². The van der Waals surface area contributed by atoms with Crippen molar-refractivity contribution in [3.63, 3.8) is 0 Å². The first-order chi connectivity index (χ1) is 4.91. The number of rotatable bonds is 1. The Hall–Kier alpha value is -0.286. The predicted molar refractivity (Wildman–Crippen MR) is 45.5 cm³/mol. The average Bonchev–Trinajstić information content (AvgIpc) is 2.08. The van der Waals surface area contributed by atoms with E-state index in [1.165, 1.54) is 6.42 Å². The van der Waals surface area contributed by atoms with Crippen LogP contribution in [0.1, 0.15) is 19.8 Å². The largest absolute Gasteiger partial charge is 2.00 e. The molecule has 0 aliphatic heterocycles. The van der Waals surface area contributed by atoms with Gasteiger partial charge < -0.3 is 6.92 Å². The summed E-state index contributed by atoms with van der Waals surface area (Å²) >= 11 is 0. The molecule has 0 N–H and O–H groups in total. The predicted octanol–water partition coefficient (Wildman–Crippen LogP) is 3.10. The van der Waals surface area contributed by atoms with Crippen LogP contribution in [-0.2, 0) is 16.5 Å². The topological polar surface area (TPSA) is 0 Å². The Morgan fingerprint density at radius 3 is 1.73 bits per heavy atom. The Balaban J connectivity index is 0. The van der Waals surface area contributed by atoms with Crippen LogP contribution in [0.3, 0.4) is 0 Å². The van der Waals surface area contributed by atoms with Crippen molar-refractivity contribution in [1.82, 2.24) is 0 Å². The first kappa shape index (κ1) is 13.3. The zero-order chi connectivity index (χ0) is 7.66. The first-order valence-electron chi connectivity index (χ1n) is 3.62. The van der Waals surface area contributed by atoms with Gasteiger partial charge in [-0.25, -0.2) is 0 Å². The zero-order valence-electron chi connectivity index (χ0n) is 6.82.